The summed E-state index contributed by atoms with van der Waals surface area (Å²) in [6.07, 6.45) is 2.22. The summed E-state index contributed by atoms with van der Waals surface area (Å²) in [5.41, 5.74) is 6.93. The number of rotatable bonds is 1. The molecule has 2 heterocycles. The van der Waals surface area contributed by atoms with E-state index < -0.39 is 0 Å². The zero-order valence-electron chi connectivity index (χ0n) is 9.56. The SMILES string of the molecule is N[C@@H]1CC(C2CCSC2)Oc2ccc(F)cc21. The van der Waals surface area contributed by atoms with Crippen molar-refractivity contribution in [3.63, 3.8) is 0 Å². The average Bonchev–Trinajstić information content (AvgIpc) is 2.83. The molecule has 2 aliphatic rings. The van der Waals surface area contributed by atoms with Crippen molar-refractivity contribution in [3.8, 4) is 5.75 Å². The number of thioether (sulfide) groups is 1. The summed E-state index contributed by atoms with van der Waals surface area (Å²) in [7, 11) is 0. The summed E-state index contributed by atoms with van der Waals surface area (Å²) < 4.78 is 19.1. The van der Waals surface area contributed by atoms with E-state index in [1.54, 1.807) is 6.07 Å². The highest BCUT2D eigenvalue weighted by atomic mass is 32.2. The number of hydrogen-bond acceptors (Lipinski definition) is 3. The van der Waals surface area contributed by atoms with E-state index in [1.807, 2.05) is 11.8 Å². The minimum atomic E-state index is -0.238. The molecular formula is C13H16FNOS. The number of nitrogens with two attached hydrogens (primary N) is 1. The van der Waals surface area contributed by atoms with Crippen molar-refractivity contribution in [1.82, 2.24) is 0 Å². The van der Waals surface area contributed by atoms with Gasteiger partial charge in [-0.3, -0.25) is 0 Å². The van der Waals surface area contributed by atoms with Crippen molar-refractivity contribution in [1.29, 1.82) is 0 Å². The van der Waals surface area contributed by atoms with Crippen LogP contribution in [0.3, 0.4) is 0 Å². The predicted molar refractivity (Wildman–Crippen MR) is 67.8 cm³/mol. The molecular weight excluding hydrogens is 237 g/mol. The Morgan fingerprint density at radius 2 is 2.29 bits per heavy atom. The van der Waals surface area contributed by atoms with Crippen LogP contribution in [0.5, 0.6) is 5.75 Å². The van der Waals surface area contributed by atoms with Crippen LogP contribution in [-0.2, 0) is 0 Å². The lowest BCUT2D eigenvalue weighted by molar-refractivity contribution is 0.110. The van der Waals surface area contributed by atoms with Gasteiger partial charge in [0, 0.05) is 23.9 Å². The van der Waals surface area contributed by atoms with Crippen LogP contribution in [0.1, 0.15) is 24.4 Å². The molecule has 2 unspecified atom stereocenters. The molecule has 0 bridgehead atoms. The van der Waals surface area contributed by atoms with Gasteiger partial charge in [0.25, 0.3) is 0 Å². The smallest absolute Gasteiger partial charge is 0.124 e. The Kier molecular flexibility index (Phi) is 3.01. The van der Waals surface area contributed by atoms with Gasteiger partial charge in [-0.2, -0.15) is 11.8 Å². The minimum Gasteiger partial charge on any atom is -0.490 e. The van der Waals surface area contributed by atoms with Gasteiger partial charge in [-0.15, -0.1) is 0 Å². The molecule has 0 amide bonds. The molecule has 2 aliphatic heterocycles. The highest BCUT2D eigenvalue weighted by Gasteiger charge is 2.33. The summed E-state index contributed by atoms with van der Waals surface area (Å²) in [6, 6.07) is 4.56. The summed E-state index contributed by atoms with van der Waals surface area (Å²) in [5.74, 6) is 3.51. The third-order valence-corrected chi connectivity index (χ3v) is 4.81. The van der Waals surface area contributed by atoms with E-state index in [-0.39, 0.29) is 18.0 Å². The Labute approximate surface area is 105 Å². The number of hydrogen-bond donors (Lipinski definition) is 1. The van der Waals surface area contributed by atoms with Crippen LogP contribution in [0.2, 0.25) is 0 Å². The maximum Gasteiger partial charge on any atom is 0.124 e. The van der Waals surface area contributed by atoms with Gasteiger partial charge in [-0.05, 0) is 36.1 Å². The fourth-order valence-electron chi connectivity index (χ4n) is 2.64. The highest BCUT2D eigenvalue weighted by Crippen LogP contribution is 2.39. The van der Waals surface area contributed by atoms with Crippen molar-refractivity contribution in [2.75, 3.05) is 11.5 Å². The number of halogens is 1. The maximum atomic E-state index is 13.2. The van der Waals surface area contributed by atoms with Crippen molar-refractivity contribution in [2.24, 2.45) is 11.7 Å². The second kappa shape index (κ2) is 4.50. The fourth-order valence-corrected chi connectivity index (χ4v) is 3.96. The maximum absolute atomic E-state index is 13.2. The molecule has 1 fully saturated rings. The highest BCUT2D eigenvalue weighted by molar-refractivity contribution is 7.99. The lowest BCUT2D eigenvalue weighted by atomic mass is 9.90. The molecule has 0 saturated carbocycles. The summed E-state index contributed by atoms with van der Waals surface area (Å²) in [5, 5.41) is 0. The van der Waals surface area contributed by atoms with Gasteiger partial charge >= 0.3 is 0 Å². The van der Waals surface area contributed by atoms with Gasteiger partial charge in [0.05, 0.1) is 0 Å². The first-order valence-electron chi connectivity index (χ1n) is 6.03. The molecule has 2 nitrogen and oxygen atoms in total. The number of ether oxygens (including phenoxy) is 1. The van der Waals surface area contributed by atoms with Crippen molar-refractivity contribution in [2.45, 2.75) is 25.0 Å². The van der Waals surface area contributed by atoms with Gasteiger partial charge < -0.3 is 10.5 Å². The molecule has 3 rings (SSSR count). The number of benzene rings is 1. The largest absolute Gasteiger partial charge is 0.490 e. The van der Waals surface area contributed by atoms with Gasteiger partial charge in [0.1, 0.15) is 17.7 Å². The molecule has 4 heteroatoms. The molecule has 3 atom stereocenters. The Morgan fingerprint density at radius 3 is 3.06 bits per heavy atom. The Balaban J connectivity index is 1.84. The van der Waals surface area contributed by atoms with Crippen LogP contribution in [0.4, 0.5) is 4.39 Å². The molecule has 0 aromatic heterocycles. The van der Waals surface area contributed by atoms with E-state index in [2.05, 4.69) is 0 Å². The number of fused-ring (bicyclic) bond motifs is 1. The van der Waals surface area contributed by atoms with Gasteiger partial charge in [-0.25, -0.2) is 4.39 Å². The van der Waals surface area contributed by atoms with Crippen molar-refractivity contribution >= 4 is 11.8 Å². The Morgan fingerprint density at radius 1 is 1.41 bits per heavy atom. The first kappa shape index (κ1) is 11.4. The zero-order chi connectivity index (χ0) is 11.8. The van der Waals surface area contributed by atoms with E-state index in [0.717, 1.165) is 23.5 Å². The van der Waals surface area contributed by atoms with E-state index >= 15 is 0 Å². The third-order valence-electron chi connectivity index (χ3n) is 3.63. The third kappa shape index (κ3) is 2.16. The minimum absolute atomic E-state index is 0.0925. The van der Waals surface area contributed by atoms with E-state index in [0.29, 0.717) is 5.92 Å². The van der Waals surface area contributed by atoms with Crippen molar-refractivity contribution in [3.05, 3.63) is 29.6 Å². The average molecular weight is 253 g/mol. The lowest BCUT2D eigenvalue weighted by Crippen LogP contribution is -2.35. The first-order valence-corrected chi connectivity index (χ1v) is 7.19. The molecule has 2 N–H and O–H groups in total. The normalized spacial score (nSPS) is 32.0. The molecule has 0 spiro atoms. The Hall–Kier alpha value is -0.740. The lowest BCUT2D eigenvalue weighted by Gasteiger charge is -2.33. The first-order chi connectivity index (χ1) is 8.24. The molecule has 1 aromatic carbocycles. The molecule has 1 saturated heterocycles. The van der Waals surface area contributed by atoms with E-state index in [4.69, 9.17) is 10.5 Å². The van der Waals surface area contributed by atoms with Crippen LogP contribution in [0.25, 0.3) is 0 Å². The van der Waals surface area contributed by atoms with Crippen LogP contribution in [0.15, 0.2) is 18.2 Å². The van der Waals surface area contributed by atoms with Crippen molar-refractivity contribution < 1.29 is 9.13 Å². The van der Waals surface area contributed by atoms with Crippen LogP contribution >= 0.6 is 11.8 Å². The van der Waals surface area contributed by atoms with Crippen LogP contribution in [0, 0.1) is 11.7 Å². The van der Waals surface area contributed by atoms with E-state index in [9.17, 15) is 4.39 Å². The molecule has 0 aliphatic carbocycles. The van der Waals surface area contributed by atoms with Gasteiger partial charge in [0.15, 0.2) is 0 Å². The standard InChI is InChI=1S/C13H16FNOS/c14-9-1-2-12-10(5-9)11(15)6-13(16-12)8-3-4-17-7-8/h1-2,5,8,11,13H,3-4,6-7,15H2/t8?,11-,13?/m1/s1. The van der Waals surface area contributed by atoms with Gasteiger partial charge in [-0.1, -0.05) is 0 Å². The zero-order valence-corrected chi connectivity index (χ0v) is 10.4. The molecule has 1 aromatic rings. The molecule has 17 heavy (non-hydrogen) atoms. The topological polar surface area (TPSA) is 35.2 Å². The monoisotopic (exact) mass is 253 g/mol. The van der Waals surface area contributed by atoms with Crippen LogP contribution < -0.4 is 10.5 Å². The van der Waals surface area contributed by atoms with E-state index in [1.165, 1.54) is 24.3 Å². The summed E-state index contributed by atoms with van der Waals surface area (Å²) in [6.45, 7) is 0. The summed E-state index contributed by atoms with van der Waals surface area (Å²) >= 11 is 1.98. The molecule has 0 radical (unpaired) electrons. The summed E-state index contributed by atoms with van der Waals surface area (Å²) in [4.78, 5) is 0. The Bertz CT molecular complexity index is 420. The van der Waals surface area contributed by atoms with Gasteiger partial charge in [0.2, 0.25) is 0 Å². The second-order valence-electron chi connectivity index (χ2n) is 4.80. The molecule has 92 valence electrons. The second-order valence-corrected chi connectivity index (χ2v) is 5.95. The fraction of sp³-hybridized carbons (Fsp3) is 0.538. The predicted octanol–water partition coefficient (Wildman–Crippen LogP) is 2.73. The van der Waals surface area contributed by atoms with Crippen LogP contribution in [-0.4, -0.2) is 17.6 Å². The quantitative estimate of drug-likeness (QED) is 0.836.